The number of aromatic nitrogens is 2. The molecule has 0 aliphatic carbocycles. The van der Waals surface area contributed by atoms with E-state index >= 15 is 0 Å². The molecular weight excluding hydrogens is 376 g/mol. The van der Waals surface area contributed by atoms with E-state index in [1.165, 1.54) is 6.20 Å². The fraction of sp³-hybridized carbons (Fsp3) is 0.292. The molecule has 1 saturated heterocycles. The van der Waals surface area contributed by atoms with E-state index in [1.54, 1.807) is 12.4 Å². The SMILES string of the molecule is CN1c2ccc(-c3ccccc3)cc2[C@H]2[C@H](CCN2C(=O)c2cnccn2)[C@H]1CO. The number of nitrogens with zero attached hydrogens (tertiary/aromatic N) is 4. The molecule has 30 heavy (non-hydrogen) atoms. The molecule has 1 N–H and O–H groups in total. The van der Waals surface area contributed by atoms with E-state index in [4.69, 9.17) is 0 Å². The quantitative estimate of drug-likeness (QED) is 0.731. The number of aliphatic hydroxyl groups excluding tert-OH is 1. The molecule has 6 heteroatoms. The Balaban J connectivity index is 1.61. The van der Waals surface area contributed by atoms with Crippen molar-refractivity contribution in [2.45, 2.75) is 18.5 Å². The van der Waals surface area contributed by atoms with Crippen molar-refractivity contribution in [3.8, 4) is 11.1 Å². The van der Waals surface area contributed by atoms with Crippen LogP contribution in [0.3, 0.4) is 0 Å². The number of likely N-dealkylation sites (tertiary alicyclic amines) is 1. The van der Waals surface area contributed by atoms with E-state index in [2.05, 4.69) is 45.2 Å². The molecule has 3 atom stereocenters. The molecule has 2 aliphatic heterocycles. The molecular formula is C24H24N4O2. The van der Waals surface area contributed by atoms with Crippen LogP contribution >= 0.6 is 0 Å². The van der Waals surface area contributed by atoms with Crippen molar-refractivity contribution in [2.75, 3.05) is 25.1 Å². The molecule has 2 aromatic carbocycles. The number of rotatable bonds is 3. The van der Waals surface area contributed by atoms with Crippen LogP contribution in [0.25, 0.3) is 11.1 Å². The monoisotopic (exact) mass is 400 g/mol. The lowest BCUT2D eigenvalue weighted by molar-refractivity contribution is 0.0687. The third-order valence-electron chi connectivity index (χ3n) is 6.50. The molecule has 0 saturated carbocycles. The highest BCUT2D eigenvalue weighted by Gasteiger charge is 2.48. The molecule has 2 aliphatic rings. The first-order valence-electron chi connectivity index (χ1n) is 10.3. The molecule has 3 aromatic rings. The summed E-state index contributed by atoms with van der Waals surface area (Å²) in [5.74, 6) is 0.0621. The van der Waals surface area contributed by atoms with Crippen LogP contribution in [0, 0.1) is 5.92 Å². The average Bonchev–Trinajstić information content (AvgIpc) is 3.25. The van der Waals surface area contributed by atoms with Crippen molar-refractivity contribution in [1.29, 1.82) is 0 Å². The third-order valence-corrected chi connectivity index (χ3v) is 6.50. The normalized spacial score (nSPS) is 22.5. The lowest BCUT2D eigenvalue weighted by Gasteiger charge is -2.44. The fourth-order valence-electron chi connectivity index (χ4n) is 5.05. The molecule has 0 spiro atoms. The third kappa shape index (κ3) is 2.95. The van der Waals surface area contributed by atoms with Crippen molar-refractivity contribution in [2.24, 2.45) is 5.92 Å². The van der Waals surface area contributed by atoms with Gasteiger partial charge in [-0.3, -0.25) is 9.78 Å². The first-order chi connectivity index (χ1) is 14.7. The Kier molecular flexibility index (Phi) is 4.71. The van der Waals surface area contributed by atoms with Gasteiger partial charge in [0.15, 0.2) is 0 Å². The molecule has 1 aromatic heterocycles. The summed E-state index contributed by atoms with van der Waals surface area (Å²) in [5, 5.41) is 10.1. The topological polar surface area (TPSA) is 69.6 Å². The van der Waals surface area contributed by atoms with Crippen molar-refractivity contribution in [3.05, 3.63) is 78.4 Å². The minimum absolute atomic E-state index is 0.0234. The molecule has 0 bridgehead atoms. The van der Waals surface area contributed by atoms with E-state index < -0.39 is 0 Å². The first-order valence-corrected chi connectivity index (χ1v) is 10.3. The number of fused-ring (bicyclic) bond motifs is 3. The zero-order chi connectivity index (χ0) is 20.7. The second kappa shape index (κ2) is 7.54. The standard InChI is InChI=1S/C24H24N4O2/c1-27-21-8-7-17(16-5-3-2-4-6-16)13-19(21)23-18(22(27)15-29)9-12-28(23)24(30)20-14-25-10-11-26-20/h2-8,10-11,13-14,18,22-23,29H,9,12,15H2,1H3/t18-,22-,23-/m1/s1. The van der Waals surface area contributed by atoms with E-state index in [0.29, 0.717) is 12.2 Å². The van der Waals surface area contributed by atoms with Crippen LogP contribution in [0.2, 0.25) is 0 Å². The van der Waals surface area contributed by atoms with Crippen LogP contribution in [0.5, 0.6) is 0 Å². The van der Waals surface area contributed by atoms with Gasteiger partial charge >= 0.3 is 0 Å². The largest absolute Gasteiger partial charge is 0.394 e. The Labute approximate surface area is 175 Å². The summed E-state index contributed by atoms with van der Waals surface area (Å²) in [6, 6.07) is 16.6. The molecule has 5 rings (SSSR count). The summed E-state index contributed by atoms with van der Waals surface area (Å²) in [6.45, 7) is 0.703. The second-order valence-corrected chi connectivity index (χ2v) is 7.99. The van der Waals surface area contributed by atoms with Crippen molar-refractivity contribution >= 4 is 11.6 Å². The zero-order valence-corrected chi connectivity index (χ0v) is 16.8. The number of amides is 1. The van der Waals surface area contributed by atoms with Crippen molar-refractivity contribution < 1.29 is 9.90 Å². The molecule has 6 nitrogen and oxygen atoms in total. The number of likely N-dealkylation sites (N-methyl/N-ethyl adjacent to an activating group) is 1. The predicted octanol–water partition coefficient (Wildman–Crippen LogP) is 3.16. The Morgan fingerprint density at radius 2 is 1.97 bits per heavy atom. The van der Waals surface area contributed by atoms with Crippen molar-refractivity contribution in [3.63, 3.8) is 0 Å². The molecule has 152 valence electrons. The number of carbonyl (C=O) groups is 1. The number of anilines is 1. The summed E-state index contributed by atoms with van der Waals surface area (Å²) in [5.41, 5.74) is 4.83. The lowest BCUT2D eigenvalue weighted by atomic mass is 9.81. The highest BCUT2D eigenvalue weighted by atomic mass is 16.3. The highest BCUT2D eigenvalue weighted by molar-refractivity contribution is 5.93. The summed E-state index contributed by atoms with van der Waals surface area (Å²) in [7, 11) is 2.03. The Bertz CT molecular complexity index is 1060. The zero-order valence-electron chi connectivity index (χ0n) is 16.8. The number of hydrogen-bond acceptors (Lipinski definition) is 5. The van der Waals surface area contributed by atoms with Crippen LogP contribution in [-0.2, 0) is 0 Å². The maximum absolute atomic E-state index is 13.3. The van der Waals surface area contributed by atoms with Gasteiger partial charge in [0.2, 0.25) is 0 Å². The van der Waals surface area contributed by atoms with Crippen LogP contribution in [-0.4, -0.2) is 52.1 Å². The minimum Gasteiger partial charge on any atom is -0.394 e. The first kappa shape index (κ1) is 18.8. The molecule has 0 radical (unpaired) electrons. The van der Waals surface area contributed by atoms with Gasteiger partial charge in [-0.05, 0) is 35.2 Å². The van der Waals surface area contributed by atoms with Gasteiger partial charge in [-0.25, -0.2) is 4.98 Å². The van der Waals surface area contributed by atoms with Gasteiger partial charge in [-0.15, -0.1) is 0 Å². The van der Waals surface area contributed by atoms with Gasteiger partial charge in [0.1, 0.15) is 5.69 Å². The van der Waals surface area contributed by atoms with Crippen LogP contribution < -0.4 is 4.90 Å². The van der Waals surface area contributed by atoms with E-state index in [1.807, 2.05) is 30.1 Å². The predicted molar refractivity (Wildman–Crippen MR) is 115 cm³/mol. The van der Waals surface area contributed by atoms with Crippen LogP contribution in [0.15, 0.2) is 67.1 Å². The van der Waals surface area contributed by atoms with Gasteiger partial charge in [0.25, 0.3) is 5.91 Å². The van der Waals surface area contributed by atoms with Gasteiger partial charge < -0.3 is 14.9 Å². The van der Waals surface area contributed by atoms with Crippen LogP contribution in [0.4, 0.5) is 5.69 Å². The molecule has 1 amide bonds. The van der Waals surface area contributed by atoms with E-state index in [9.17, 15) is 9.90 Å². The second-order valence-electron chi connectivity index (χ2n) is 7.99. The smallest absolute Gasteiger partial charge is 0.274 e. The maximum Gasteiger partial charge on any atom is 0.274 e. The number of hydrogen-bond donors (Lipinski definition) is 1. The summed E-state index contributed by atoms with van der Waals surface area (Å²) in [4.78, 5) is 25.7. The fourth-order valence-corrected chi connectivity index (χ4v) is 5.05. The molecule has 1 fully saturated rings. The summed E-state index contributed by atoms with van der Waals surface area (Å²) in [6.07, 6.45) is 5.49. The van der Waals surface area contributed by atoms with Gasteiger partial charge in [-0.2, -0.15) is 0 Å². The molecule has 3 heterocycles. The van der Waals surface area contributed by atoms with Gasteiger partial charge in [-0.1, -0.05) is 36.4 Å². The Hall–Kier alpha value is -3.25. The van der Waals surface area contributed by atoms with Gasteiger partial charge in [0.05, 0.1) is 24.9 Å². The van der Waals surface area contributed by atoms with Crippen LogP contribution in [0.1, 0.15) is 28.5 Å². The van der Waals surface area contributed by atoms with Crippen molar-refractivity contribution in [1.82, 2.24) is 14.9 Å². The Morgan fingerprint density at radius 3 is 2.70 bits per heavy atom. The molecule has 0 unspecified atom stereocenters. The number of aliphatic hydroxyl groups is 1. The van der Waals surface area contributed by atoms with E-state index in [0.717, 1.165) is 28.8 Å². The maximum atomic E-state index is 13.3. The summed E-state index contributed by atoms with van der Waals surface area (Å²) < 4.78 is 0. The van der Waals surface area contributed by atoms with E-state index in [-0.39, 0.29) is 30.5 Å². The summed E-state index contributed by atoms with van der Waals surface area (Å²) >= 11 is 0. The highest BCUT2D eigenvalue weighted by Crippen LogP contribution is 2.49. The van der Waals surface area contributed by atoms with Gasteiger partial charge in [0, 0.05) is 37.6 Å². The number of carbonyl (C=O) groups excluding carboxylic acids is 1. The lowest BCUT2D eigenvalue weighted by Crippen LogP contribution is -2.48. The number of benzene rings is 2. The minimum atomic E-state index is -0.104. The average molecular weight is 400 g/mol. The Morgan fingerprint density at radius 1 is 1.13 bits per heavy atom.